The summed E-state index contributed by atoms with van der Waals surface area (Å²) in [6, 6.07) is 3.69. The molecule has 0 unspecified atom stereocenters. The van der Waals surface area contributed by atoms with E-state index in [0.717, 1.165) is 11.3 Å². The molecule has 14 heavy (non-hydrogen) atoms. The highest BCUT2D eigenvalue weighted by Crippen LogP contribution is 2.10. The van der Waals surface area contributed by atoms with Gasteiger partial charge in [0.1, 0.15) is 0 Å². The maximum Gasteiger partial charge on any atom is 0.244 e. The summed E-state index contributed by atoms with van der Waals surface area (Å²) in [7, 11) is -1.68. The fourth-order valence-corrected chi connectivity index (χ4v) is 1.81. The molecule has 1 heterocycles. The summed E-state index contributed by atoms with van der Waals surface area (Å²) in [5, 5.41) is 7.80. The van der Waals surface area contributed by atoms with Gasteiger partial charge in [0.25, 0.3) is 0 Å². The maximum atomic E-state index is 7.80. The number of aromatic nitrogens is 1. The molecule has 0 bridgehead atoms. The van der Waals surface area contributed by atoms with Crippen LogP contribution in [0.2, 0.25) is 19.6 Å². The van der Waals surface area contributed by atoms with E-state index < -0.39 is 8.32 Å². The van der Waals surface area contributed by atoms with Crippen LogP contribution in [0.15, 0.2) is 18.3 Å². The molecule has 0 aromatic carbocycles. The lowest BCUT2D eigenvalue weighted by Crippen LogP contribution is -2.29. The van der Waals surface area contributed by atoms with Crippen LogP contribution in [-0.4, -0.2) is 19.2 Å². The molecule has 0 aliphatic heterocycles. The van der Waals surface area contributed by atoms with Gasteiger partial charge in [0, 0.05) is 11.9 Å². The second kappa shape index (κ2) is 3.92. The van der Waals surface area contributed by atoms with Crippen LogP contribution in [0, 0.1) is 12.3 Å². The van der Waals surface area contributed by atoms with Gasteiger partial charge in [-0.25, -0.2) is 0 Å². The fraction of sp³-hybridized carbons (Fsp3) is 0.400. The lowest BCUT2D eigenvalue weighted by molar-refractivity contribution is 0.548. The van der Waals surface area contributed by atoms with Crippen molar-refractivity contribution < 1.29 is 4.43 Å². The number of nitrogens with one attached hydrogen (secondary N) is 1. The van der Waals surface area contributed by atoms with E-state index in [1.54, 1.807) is 6.20 Å². The van der Waals surface area contributed by atoms with Gasteiger partial charge in [0.05, 0.1) is 5.56 Å². The van der Waals surface area contributed by atoms with E-state index in [1.165, 1.54) is 0 Å². The molecule has 0 amide bonds. The third-order valence-electron chi connectivity index (χ3n) is 1.66. The molecule has 1 aromatic heterocycles. The highest BCUT2D eigenvalue weighted by atomic mass is 28.4. The monoisotopic (exact) mass is 208 g/mol. The Morgan fingerprint density at radius 1 is 1.43 bits per heavy atom. The van der Waals surface area contributed by atoms with E-state index in [-0.39, 0.29) is 5.90 Å². The number of rotatable bonds is 2. The van der Waals surface area contributed by atoms with E-state index in [0.29, 0.717) is 0 Å². The number of hydrogen-bond donors (Lipinski definition) is 1. The van der Waals surface area contributed by atoms with Crippen LogP contribution in [0.1, 0.15) is 11.3 Å². The predicted octanol–water partition coefficient (Wildman–Crippen LogP) is 2.57. The second-order valence-corrected chi connectivity index (χ2v) is 8.61. The van der Waals surface area contributed by atoms with Crippen molar-refractivity contribution in [2.24, 2.45) is 0 Å². The molecule has 0 atom stereocenters. The molecule has 1 N–H and O–H groups in total. The van der Waals surface area contributed by atoms with Gasteiger partial charge in [-0.3, -0.25) is 10.4 Å². The minimum atomic E-state index is -1.68. The topological polar surface area (TPSA) is 46.0 Å². The van der Waals surface area contributed by atoms with Crippen LogP contribution in [-0.2, 0) is 4.43 Å². The maximum absolute atomic E-state index is 7.80. The Labute approximate surface area is 85.8 Å². The molecule has 0 aliphatic carbocycles. The third kappa shape index (κ3) is 2.96. The first kappa shape index (κ1) is 10.9. The molecule has 0 spiro atoms. The van der Waals surface area contributed by atoms with Crippen LogP contribution >= 0.6 is 0 Å². The first-order valence-electron chi connectivity index (χ1n) is 4.60. The summed E-state index contributed by atoms with van der Waals surface area (Å²) in [6.45, 7) is 8.07. The quantitative estimate of drug-likeness (QED) is 0.461. The van der Waals surface area contributed by atoms with Gasteiger partial charge in [-0.1, -0.05) is 0 Å². The number of aryl methyl sites for hydroxylation is 1. The van der Waals surface area contributed by atoms with Crippen molar-refractivity contribution in [3.8, 4) is 0 Å². The lowest BCUT2D eigenvalue weighted by Gasteiger charge is -2.20. The zero-order valence-corrected chi connectivity index (χ0v) is 10.1. The van der Waals surface area contributed by atoms with E-state index in [2.05, 4.69) is 24.6 Å². The van der Waals surface area contributed by atoms with Crippen LogP contribution in [0.25, 0.3) is 0 Å². The van der Waals surface area contributed by atoms with E-state index in [1.807, 2.05) is 19.1 Å². The average molecular weight is 208 g/mol. The Morgan fingerprint density at radius 2 is 2.07 bits per heavy atom. The highest BCUT2D eigenvalue weighted by molar-refractivity contribution is 6.71. The Kier molecular flexibility index (Phi) is 3.05. The minimum absolute atomic E-state index is 0.245. The number of pyridine rings is 1. The third-order valence-corrected chi connectivity index (χ3v) is 2.48. The van der Waals surface area contributed by atoms with Gasteiger partial charge in [0.2, 0.25) is 14.2 Å². The molecule has 0 saturated carbocycles. The van der Waals surface area contributed by atoms with Crippen molar-refractivity contribution >= 4 is 14.2 Å². The summed E-state index contributed by atoms with van der Waals surface area (Å²) in [6.07, 6.45) is 1.72. The zero-order chi connectivity index (χ0) is 10.8. The van der Waals surface area contributed by atoms with E-state index in [9.17, 15) is 0 Å². The molecule has 4 heteroatoms. The molecular weight excluding hydrogens is 192 g/mol. The molecule has 0 radical (unpaired) electrons. The highest BCUT2D eigenvalue weighted by Gasteiger charge is 2.19. The Morgan fingerprint density at radius 3 is 2.57 bits per heavy atom. The SMILES string of the molecule is Cc1ncccc1C(=N)O[Si](C)(C)C. The van der Waals surface area contributed by atoms with Gasteiger partial charge < -0.3 is 4.43 Å². The van der Waals surface area contributed by atoms with Gasteiger partial charge in [-0.2, -0.15) is 0 Å². The van der Waals surface area contributed by atoms with Crippen molar-refractivity contribution in [3.63, 3.8) is 0 Å². The molecule has 0 saturated heterocycles. The van der Waals surface area contributed by atoms with Crippen LogP contribution < -0.4 is 0 Å². The number of nitrogens with zero attached hydrogens (tertiary/aromatic N) is 1. The standard InChI is InChI=1S/C10H16N2OSi/c1-8-9(6-5-7-12-8)10(11)13-14(2,3)4/h5-7,11H,1-4H3. The molecule has 3 nitrogen and oxygen atoms in total. The summed E-state index contributed by atoms with van der Waals surface area (Å²) >= 11 is 0. The van der Waals surface area contributed by atoms with E-state index >= 15 is 0 Å². The smallest absolute Gasteiger partial charge is 0.244 e. The minimum Gasteiger partial charge on any atom is -0.531 e. The van der Waals surface area contributed by atoms with Crippen LogP contribution in [0.3, 0.4) is 0 Å². The zero-order valence-electron chi connectivity index (χ0n) is 9.09. The van der Waals surface area contributed by atoms with Crippen molar-refractivity contribution in [2.45, 2.75) is 26.6 Å². The molecular formula is C10H16N2OSi. The average Bonchev–Trinajstić information content (AvgIpc) is 2.01. The summed E-state index contributed by atoms with van der Waals surface area (Å²) in [5.74, 6) is 0.245. The van der Waals surface area contributed by atoms with Gasteiger partial charge in [0.15, 0.2) is 0 Å². The normalized spacial score (nSPS) is 11.1. The van der Waals surface area contributed by atoms with Crippen LogP contribution in [0.5, 0.6) is 0 Å². The van der Waals surface area contributed by atoms with E-state index in [4.69, 9.17) is 9.84 Å². The summed E-state index contributed by atoms with van der Waals surface area (Å²) in [5.41, 5.74) is 1.63. The number of hydrogen-bond acceptors (Lipinski definition) is 3. The Hall–Kier alpha value is -1.16. The largest absolute Gasteiger partial charge is 0.531 e. The Balaban J connectivity index is 2.86. The first-order valence-corrected chi connectivity index (χ1v) is 8.00. The van der Waals surface area contributed by atoms with Gasteiger partial charge >= 0.3 is 0 Å². The first-order chi connectivity index (χ1) is 6.40. The summed E-state index contributed by atoms with van der Waals surface area (Å²) < 4.78 is 5.59. The molecule has 0 aliphatic rings. The van der Waals surface area contributed by atoms with Crippen molar-refractivity contribution in [3.05, 3.63) is 29.6 Å². The molecule has 1 rings (SSSR count). The summed E-state index contributed by atoms with van der Waals surface area (Å²) in [4.78, 5) is 4.12. The Bertz CT molecular complexity index is 344. The lowest BCUT2D eigenvalue weighted by atomic mass is 10.2. The molecule has 0 fully saturated rings. The van der Waals surface area contributed by atoms with Crippen molar-refractivity contribution in [1.82, 2.24) is 4.98 Å². The molecule has 1 aromatic rings. The van der Waals surface area contributed by atoms with Crippen molar-refractivity contribution in [2.75, 3.05) is 0 Å². The van der Waals surface area contributed by atoms with Gasteiger partial charge in [-0.15, -0.1) is 0 Å². The predicted molar refractivity (Wildman–Crippen MR) is 60.2 cm³/mol. The second-order valence-electron chi connectivity index (χ2n) is 4.18. The molecule has 76 valence electrons. The van der Waals surface area contributed by atoms with Crippen molar-refractivity contribution in [1.29, 1.82) is 5.41 Å². The van der Waals surface area contributed by atoms with Gasteiger partial charge in [-0.05, 0) is 38.7 Å². The fourth-order valence-electron chi connectivity index (χ4n) is 1.09. The van der Waals surface area contributed by atoms with Crippen LogP contribution in [0.4, 0.5) is 0 Å².